The summed E-state index contributed by atoms with van der Waals surface area (Å²) in [6, 6.07) is 17.4. The molecule has 0 saturated carbocycles. The monoisotopic (exact) mass is 433 g/mol. The number of benzene rings is 2. The first kappa shape index (κ1) is 21.9. The first-order chi connectivity index (χ1) is 15.7. The Morgan fingerprint density at radius 2 is 1.78 bits per heavy atom. The number of carbonyl (C=O) groups excluding carboxylic acids is 1. The molecule has 0 atom stereocenters. The van der Waals surface area contributed by atoms with Gasteiger partial charge in [0.05, 0.1) is 24.8 Å². The van der Waals surface area contributed by atoms with Crippen molar-refractivity contribution in [3.63, 3.8) is 0 Å². The van der Waals surface area contributed by atoms with Gasteiger partial charge in [-0.25, -0.2) is 0 Å². The first-order valence-corrected chi connectivity index (χ1v) is 11.4. The maximum atomic E-state index is 13.6. The van der Waals surface area contributed by atoms with Crippen LogP contribution in [0.4, 0.5) is 5.88 Å². The Hall–Kier alpha value is -3.28. The third-order valence-corrected chi connectivity index (χ3v) is 5.93. The molecule has 0 unspecified atom stereocenters. The lowest BCUT2D eigenvalue weighted by molar-refractivity contribution is 0.0740. The van der Waals surface area contributed by atoms with Crippen LogP contribution < -0.4 is 9.64 Å². The molecule has 1 amide bonds. The Bertz CT molecular complexity index is 1030. The highest BCUT2D eigenvalue weighted by Gasteiger charge is 2.28. The van der Waals surface area contributed by atoms with Crippen LogP contribution in [0.2, 0.25) is 0 Å². The highest BCUT2D eigenvalue weighted by atomic mass is 16.5. The molecule has 2 heterocycles. The molecule has 1 saturated heterocycles. The van der Waals surface area contributed by atoms with E-state index in [9.17, 15) is 4.79 Å². The number of para-hydroxylation sites is 1. The summed E-state index contributed by atoms with van der Waals surface area (Å²) >= 11 is 0. The van der Waals surface area contributed by atoms with E-state index in [1.165, 1.54) is 6.42 Å². The normalized spacial score (nSPS) is 13.8. The summed E-state index contributed by atoms with van der Waals surface area (Å²) in [5, 5.41) is 4.46. The molecule has 1 aliphatic rings. The summed E-state index contributed by atoms with van der Waals surface area (Å²) < 4.78 is 11.4. The highest BCUT2D eigenvalue weighted by Crippen LogP contribution is 2.34. The van der Waals surface area contributed by atoms with Crippen molar-refractivity contribution in [1.82, 2.24) is 10.1 Å². The summed E-state index contributed by atoms with van der Waals surface area (Å²) in [6.07, 6.45) is 4.37. The Morgan fingerprint density at radius 3 is 2.50 bits per heavy atom. The van der Waals surface area contributed by atoms with Crippen LogP contribution in [0.5, 0.6) is 5.75 Å². The fourth-order valence-corrected chi connectivity index (χ4v) is 4.32. The third kappa shape index (κ3) is 4.64. The number of carbonyl (C=O) groups is 1. The van der Waals surface area contributed by atoms with E-state index in [1.807, 2.05) is 59.5 Å². The molecule has 1 aromatic heterocycles. The lowest BCUT2D eigenvalue weighted by atomic mass is 10.0. The smallest absolute Gasteiger partial charge is 0.257 e. The molecule has 0 aliphatic carbocycles. The van der Waals surface area contributed by atoms with Crippen LogP contribution >= 0.6 is 0 Å². The number of anilines is 1. The van der Waals surface area contributed by atoms with Gasteiger partial charge in [-0.1, -0.05) is 54.5 Å². The predicted molar refractivity (Wildman–Crippen MR) is 126 cm³/mol. The molecule has 168 valence electrons. The van der Waals surface area contributed by atoms with Crippen LogP contribution in [0.1, 0.15) is 48.5 Å². The predicted octanol–water partition coefficient (Wildman–Crippen LogP) is 5.39. The van der Waals surface area contributed by atoms with Crippen molar-refractivity contribution in [2.45, 2.75) is 39.2 Å². The minimum absolute atomic E-state index is 0.0471. The van der Waals surface area contributed by atoms with Gasteiger partial charge in [0.1, 0.15) is 11.4 Å². The summed E-state index contributed by atoms with van der Waals surface area (Å²) in [6.45, 7) is 5.05. The zero-order valence-corrected chi connectivity index (χ0v) is 18.9. The lowest BCUT2D eigenvalue weighted by Crippen LogP contribution is -2.34. The number of rotatable bonds is 8. The first-order valence-electron chi connectivity index (χ1n) is 11.4. The van der Waals surface area contributed by atoms with Gasteiger partial charge < -0.3 is 19.1 Å². The number of hydrogen-bond acceptors (Lipinski definition) is 5. The van der Waals surface area contributed by atoms with Gasteiger partial charge >= 0.3 is 0 Å². The van der Waals surface area contributed by atoms with Crippen molar-refractivity contribution in [3.8, 4) is 17.0 Å². The van der Waals surface area contributed by atoms with Crippen molar-refractivity contribution >= 4 is 11.8 Å². The molecule has 1 fully saturated rings. The molecule has 0 spiro atoms. The van der Waals surface area contributed by atoms with E-state index < -0.39 is 0 Å². The van der Waals surface area contributed by atoms with Gasteiger partial charge in [-0.05, 0) is 37.8 Å². The summed E-state index contributed by atoms with van der Waals surface area (Å²) in [7, 11) is 1.60. The van der Waals surface area contributed by atoms with Gasteiger partial charge in [0.15, 0.2) is 0 Å². The molecule has 3 aromatic rings. The van der Waals surface area contributed by atoms with Crippen molar-refractivity contribution in [3.05, 3.63) is 65.7 Å². The van der Waals surface area contributed by atoms with E-state index in [0.29, 0.717) is 24.4 Å². The minimum Gasteiger partial charge on any atom is -0.496 e. The zero-order chi connectivity index (χ0) is 22.3. The molecular weight excluding hydrogens is 402 g/mol. The van der Waals surface area contributed by atoms with E-state index >= 15 is 0 Å². The summed E-state index contributed by atoms with van der Waals surface area (Å²) in [5.41, 5.74) is 3.34. The van der Waals surface area contributed by atoms with E-state index in [2.05, 4.69) is 17.0 Å². The number of piperidine rings is 1. The van der Waals surface area contributed by atoms with Gasteiger partial charge in [0.25, 0.3) is 5.91 Å². The maximum Gasteiger partial charge on any atom is 0.257 e. The topological polar surface area (TPSA) is 58.8 Å². The fourth-order valence-electron chi connectivity index (χ4n) is 4.32. The quantitative estimate of drug-likeness (QED) is 0.476. The van der Waals surface area contributed by atoms with Gasteiger partial charge in [-0.15, -0.1) is 0 Å². The molecule has 0 radical (unpaired) electrons. The summed E-state index contributed by atoms with van der Waals surface area (Å²) in [4.78, 5) is 17.7. The molecule has 0 N–H and O–H groups in total. The Labute approximate surface area is 189 Å². The molecule has 0 bridgehead atoms. The molecule has 2 aromatic carbocycles. The Balaban J connectivity index is 1.72. The van der Waals surface area contributed by atoms with Crippen molar-refractivity contribution in [2.75, 3.05) is 31.6 Å². The van der Waals surface area contributed by atoms with E-state index in [-0.39, 0.29) is 5.91 Å². The van der Waals surface area contributed by atoms with E-state index in [4.69, 9.17) is 9.26 Å². The van der Waals surface area contributed by atoms with Crippen LogP contribution in [-0.2, 0) is 6.54 Å². The highest BCUT2D eigenvalue weighted by molar-refractivity contribution is 5.97. The van der Waals surface area contributed by atoms with Crippen LogP contribution in [0.25, 0.3) is 11.3 Å². The maximum absolute atomic E-state index is 13.6. The van der Waals surface area contributed by atoms with Gasteiger partial charge in [-0.2, -0.15) is 0 Å². The average molecular weight is 434 g/mol. The number of ether oxygens (including phenoxy) is 1. The number of aromatic nitrogens is 1. The summed E-state index contributed by atoms with van der Waals surface area (Å²) in [5.74, 6) is 1.33. The van der Waals surface area contributed by atoms with Gasteiger partial charge in [-0.3, -0.25) is 4.79 Å². The Morgan fingerprint density at radius 1 is 1.06 bits per heavy atom. The second-order valence-electron chi connectivity index (χ2n) is 8.16. The van der Waals surface area contributed by atoms with E-state index in [0.717, 1.165) is 55.1 Å². The molecule has 6 heteroatoms. The Kier molecular flexibility index (Phi) is 7.10. The standard InChI is InChI=1S/C26H31N3O3/c1-3-16-29(25(30)21-14-8-9-15-23(21)31-2)19-22-24(20-12-6-4-7-13-20)27-32-26(22)28-17-10-5-11-18-28/h4,6-9,12-15H,3,5,10-11,16-19H2,1-2H3. The van der Waals surface area contributed by atoms with Crippen molar-refractivity contribution < 1.29 is 14.1 Å². The fraction of sp³-hybridized carbons (Fsp3) is 0.385. The molecule has 4 rings (SSSR count). The number of hydrogen-bond donors (Lipinski definition) is 0. The second-order valence-corrected chi connectivity index (χ2v) is 8.16. The van der Waals surface area contributed by atoms with E-state index in [1.54, 1.807) is 7.11 Å². The molecule has 32 heavy (non-hydrogen) atoms. The van der Waals surface area contributed by atoms with Gasteiger partial charge in [0.2, 0.25) is 5.88 Å². The number of methoxy groups -OCH3 is 1. The average Bonchev–Trinajstić information content (AvgIpc) is 3.28. The largest absolute Gasteiger partial charge is 0.496 e. The zero-order valence-electron chi connectivity index (χ0n) is 18.9. The molecule has 1 aliphatic heterocycles. The van der Waals surface area contributed by atoms with Crippen molar-refractivity contribution in [2.24, 2.45) is 0 Å². The van der Waals surface area contributed by atoms with Crippen molar-refractivity contribution in [1.29, 1.82) is 0 Å². The van der Waals surface area contributed by atoms with Gasteiger partial charge in [0, 0.05) is 25.2 Å². The van der Waals surface area contributed by atoms with Crippen LogP contribution in [0.3, 0.4) is 0 Å². The van der Waals surface area contributed by atoms with Crippen LogP contribution in [-0.4, -0.2) is 42.7 Å². The number of amides is 1. The third-order valence-electron chi connectivity index (χ3n) is 5.93. The van der Waals surface area contributed by atoms with Crippen LogP contribution in [0.15, 0.2) is 59.1 Å². The lowest BCUT2D eigenvalue weighted by Gasteiger charge is -2.28. The van der Waals surface area contributed by atoms with Crippen LogP contribution in [0, 0.1) is 0 Å². The SMILES string of the molecule is CCCN(Cc1c(-c2ccccc2)noc1N1CCCCC1)C(=O)c1ccccc1OC. The minimum atomic E-state index is -0.0471. The second kappa shape index (κ2) is 10.4. The molecular formula is C26H31N3O3. The number of nitrogens with zero attached hydrogens (tertiary/aromatic N) is 3. The molecule has 6 nitrogen and oxygen atoms in total.